The van der Waals surface area contributed by atoms with Crippen LogP contribution >= 0.6 is 0 Å². The molecular weight excluding hydrogens is 218 g/mol. The van der Waals surface area contributed by atoms with Gasteiger partial charge in [0.05, 0.1) is 0 Å². The quantitative estimate of drug-likeness (QED) is 0.535. The Morgan fingerprint density at radius 1 is 1.13 bits per heavy atom. The number of nitrogens with one attached hydrogen (secondary N) is 1. The average molecular weight is 219 g/mol. The van der Waals surface area contributed by atoms with Gasteiger partial charge in [0, 0.05) is 0 Å². The predicted octanol–water partition coefficient (Wildman–Crippen LogP) is -0.203. The molecule has 0 amide bonds. The van der Waals surface area contributed by atoms with Crippen molar-refractivity contribution in [3.05, 3.63) is 30.3 Å². The molecule has 0 saturated carbocycles. The van der Waals surface area contributed by atoms with E-state index in [9.17, 15) is 30.3 Å². The van der Waals surface area contributed by atoms with Gasteiger partial charge in [0.2, 0.25) is 0 Å². The maximum atomic E-state index is 10.2. The van der Waals surface area contributed by atoms with Crippen LogP contribution in [0.2, 0.25) is 0 Å². The first-order valence-corrected chi connectivity index (χ1v) is 3.13. The molecule has 0 aliphatic heterocycles. The lowest BCUT2D eigenvalue weighted by Crippen LogP contribution is -2.06. The van der Waals surface area contributed by atoms with Gasteiger partial charge in [-0.05, 0) is 14.9 Å². The van der Waals surface area contributed by atoms with E-state index in [4.69, 9.17) is 0 Å². The smallest absolute Gasteiger partial charge is 0.358 e. The summed E-state index contributed by atoms with van der Waals surface area (Å²) in [5, 5.41) is 33.5. The van der Waals surface area contributed by atoms with Gasteiger partial charge in [-0.25, -0.2) is 0 Å². The molecule has 0 aliphatic rings. The number of rotatable bonds is 4. The first kappa shape index (κ1) is 10.3. The molecule has 12 heteroatoms. The zero-order chi connectivity index (χ0) is 11.6. The van der Waals surface area contributed by atoms with Crippen molar-refractivity contribution in [1.29, 1.82) is 0 Å². The summed E-state index contributed by atoms with van der Waals surface area (Å²) in [5.74, 6) is -3.33. The lowest BCUT2D eigenvalue weighted by Gasteiger charge is -1.93. The average Bonchev–Trinajstić information content (AvgIpc) is 2.46. The highest BCUT2D eigenvalue weighted by atomic mass is 17.0. The highest BCUT2D eigenvalue weighted by molar-refractivity contribution is 5.51. The van der Waals surface area contributed by atoms with E-state index in [2.05, 4.69) is 9.94 Å². The first-order valence-electron chi connectivity index (χ1n) is 3.13. The fourth-order valence-corrected chi connectivity index (χ4v) is 0.719. The number of nitro groups is 2. The van der Waals surface area contributed by atoms with Crippen molar-refractivity contribution in [3.8, 4) is 5.75 Å². The molecule has 1 aromatic heterocycles. The maximum Gasteiger partial charge on any atom is 0.450 e. The summed E-state index contributed by atoms with van der Waals surface area (Å²) in [5.41, 5.74) is 0. The van der Waals surface area contributed by atoms with E-state index in [-0.39, 0.29) is 0 Å². The third kappa shape index (κ3) is 1.93. The van der Waals surface area contributed by atoms with Gasteiger partial charge in [-0.3, -0.25) is 4.84 Å². The molecule has 0 aromatic carbocycles. The second kappa shape index (κ2) is 3.52. The summed E-state index contributed by atoms with van der Waals surface area (Å²) in [4.78, 5) is 31.8. The normalized spacial score (nSPS) is 9.60. The fourth-order valence-electron chi connectivity index (χ4n) is 0.719. The molecule has 1 aromatic rings. The lowest BCUT2D eigenvalue weighted by atomic mass is 10.5. The molecule has 1 N–H and O–H groups in total. The molecule has 0 saturated heterocycles. The van der Waals surface area contributed by atoms with Crippen LogP contribution in [0.3, 0.4) is 0 Å². The molecule has 1 heterocycles. The zero-order valence-corrected chi connectivity index (χ0v) is 6.65. The van der Waals surface area contributed by atoms with Gasteiger partial charge in [-0.15, -0.1) is 10.1 Å². The standard InChI is InChI=1S/C3HN5O7/c9-6(10)2-1(15-8(13)14)3(5-4-2)7(11)12/h(H,4,5). The fraction of sp³-hybridized carbons (Fsp3) is 0. The van der Waals surface area contributed by atoms with Gasteiger partial charge >= 0.3 is 17.4 Å². The molecule has 12 nitrogen and oxygen atoms in total. The number of hydrogen-bond donors (Lipinski definition) is 1. The molecular formula is C3HN5O7. The summed E-state index contributed by atoms with van der Waals surface area (Å²) in [7, 11) is 0. The van der Waals surface area contributed by atoms with Crippen LogP contribution in [0.25, 0.3) is 0 Å². The Labute approximate surface area is 78.9 Å². The Morgan fingerprint density at radius 3 is 2.13 bits per heavy atom. The minimum atomic E-state index is -1.41. The minimum absolute atomic E-state index is 1.06. The molecule has 80 valence electrons. The predicted molar refractivity (Wildman–Crippen MR) is 39.5 cm³/mol. The third-order valence-electron chi connectivity index (χ3n) is 1.21. The zero-order valence-electron chi connectivity index (χ0n) is 6.65. The van der Waals surface area contributed by atoms with E-state index in [0.29, 0.717) is 0 Å². The van der Waals surface area contributed by atoms with Gasteiger partial charge in [0.1, 0.15) is 5.10 Å². The lowest BCUT2D eigenvalue weighted by molar-refractivity contribution is -0.712. The van der Waals surface area contributed by atoms with Crippen LogP contribution in [-0.4, -0.2) is 25.1 Å². The number of nitrogens with zero attached hydrogens (tertiary/aromatic N) is 4. The van der Waals surface area contributed by atoms with Crippen molar-refractivity contribution < 1.29 is 19.8 Å². The van der Waals surface area contributed by atoms with Crippen LogP contribution in [0.4, 0.5) is 11.6 Å². The van der Waals surface area contributed by atoms with Crippen LogP contribution in [0.1, 0.15) is 0 Å². The van der Waals surface area contributed by atoms with E-state index in [1.54, 1.807) is 5.10 Å². The van der Waals surface area contributed by atoms with Crippen LogP contribution in [0.15, 0.2) is 0 Å². The van der Waals surface area contributed by atoms with Gasteiger partial charge in [-0.1, -0.05) is 0 Å². The van der Waals surface area contributed by atoms with Crippen LogP contribution in [-0.2, 0) is 0 Å². The van der Waals surface area contributed by atoms with E-state index in [1.165, 1.54) is 0 Å². The maximum absolute atomic E-state index is 10.2. The molecule has 0 radical (unpaired) electrons. The summed E-state index contributed by atoms with van der Waals surface area (Å²) < 4.78 is 0. The van der Waals surface area contributed by atoms with Crippen molar-refractivity contribution in [2.45, 2.75) is 0 Å². The second-order valence-corrected chi connectivity index (χ2v) is 2.05. The van der Waals surface area contributed by atoms with E-state index < -0.39 is 32.3 Å². The van der Waals surface area contributed by atoms with Crippen molar-refractivity contribution in [2.24, 2.45) is 0 Å². The summed E-state index contributed by atoms with van der Waals surface area (Å²) in [6.45, 7) is 0. The molecule has 1 rings (SSSR count). The van der Waals surface area contributed by atoms with Crippen LogP contribution in [0.5, 0.6) is 5.75 Å². The highest BCUT2D eigenvalue weighted by Gasteiger charge is 2.34. The van der Waals surface area contributed by atoms with Crippen molar-refractivity contribution in [1.82, 2.24) is 10.2 Å². The van der Waals surface area contributed by atoms with Crippen LogP contribution < -0.4 is 4.84 Å². The molecule has 0 bridgehead atoms. The monoisotopic (exact) mass is 219 g/mol. The van der Waals surface area contributed by atoms with Crippen molar-refractivity contribution in [2.75, 3.05) is 0 Å². The molecule has 0 aliphatic carbocycles. The Morgan fingerprint density at radius 2 is 1.73 bits per heavy atom. The largest absolute Gasteiger partial charge is 0.450 e. The number of aromatic amines is 1. The number of hydrogen-bond acceptors (Lipinski definition) is 8. The first-order chi connectivity index (χ1) is 6.93. The second-order valence-electron chi connectivity index (χ2n) is 2.05. The molecule has 15 heavy (non-hydrogen) atoms. The van der Waals surface area contributed by atoms with Gasteiger partial charge in [0.25, 0.3) is 5.09 Å². The third-order valence-corrected chi connectivity index (χ3v) is 1.21. The topological polar surface area (TPSA) is 167 Å². The Bertz CT molecular complexity index is 404. The highest BCUT2D eigenvalue weighted by Crippen LogP contribution is 2.33. The molecule has 0 unspecified atom stereocenters. The van der Waals surface area contributed by atoms with E-state index in [1.807, 2.05) is 0 Å². The van der Waals surface area contributed by atoms with Gasteiger partial charge in [0.15, 0.2) is 0 Å². The number of aromatic nitrogens is 2. The molecule has 0 spiro atoms. The summed E-state index contributed by atoms with van der Waals surface area (Å²) in [6.07, 6.45) is 0. The van der Waals surface area contributed by atoms with Crippen LogP contribution in [0, 0.1) is 30.3 Å². The van der Waals surface area contributed by atoms with Gasteiger partial charge < -0.3 is 20.2 Å². The Kier molecular flexibility index (Phi) is 2.42. The molecule has 0 fully saturated rings. The number of H-pyrrole nitrogens is 1. The van der Waals surface area contributed by atoms with Crippen molar-refractivity contribution in [3.63, 3.8) is 0 Å². The van der Waals surface area contributed by atoms with Crippen molar-refractivity contribution >= 4 is 11.6 Å². The van der Waals surface area contributed by atoms with E-state index in [0.717, 1.165) is 0 Å². The van der Waals surface area contributed by atoms with E-state index >= 15 is 0 Å². The Balaban J connectivity index is 3.26. The summed E-state index contributed by atoms with van der Waals surface area (Å²) in [6, 6.07) is 0. The molecule has 0 atom stereocenters. The van der Waals surface area contributed by atoms with Gasteiger partial charge in [-0.2, -0.15) is 0 Å². The Hall–Kier alpha value is -2.79. The SMILES string of the molecule is O=[N+]([O-])Oc1c([N+](=O)[O-])n[nH]c1[N+](=O)[O-]. The summed E-state index contributed by atoms with van der Waals surface area (Å²) >= 11 is 0. The minimum Gasteiger partial charge on any atom is -0.358 e.